The smallest absolute Gasteiger partial charge is 0.296 e. The number of halogens is 1. The molecule has 172 valence electrons. The Morgan fingerprint density at radius 3 is 2.31 bits per heavy atom. The van der Waals surface area contributed by atoms with Crippen LogP contribution in [0.5, 0.6) is 0 Å². The predicted octanol–water partition coefficient (Wildman–Crippen LogP) is 0.967. The zero-order chi connectivity index (χ0) is 23.0. The molecule has 3 aromatic rings. The van der Waals surface area contributed by atoms with Crippen LogP contribution in [-0.4, -0.2) is 53.3 Å². The van der Waals surface area contributed by atoms with Gasteiger partial charge in [-0.2, -0.15) is 4.99 Å². The minimum atomic E-state index is -4.76. The molecule has 2 aromatic carbocycles. The van der Waals surface area contributed by atoms with Crippen molar-refractivity contribution in [3.05, 3.63) is 60.3 Å². The van der Waals surface area contributed by atoms with Gasteiger partial charge in [-0.05, 0) is 12.1 Å². The largest absolute Gasteiger partial charge is 0.370 e. The van der Waals surface area contributed by atoms with E-state index in [9.17, 15) is 13.3 Å². The number of guanidine groups is 1. The predicted molar refractivity (Wildman–Crippen MR) is 123 cm³/mol. The number of hydrogen-bond donors (Lipinski definition) is 6. The maximum atomic E-state index is 11.6. The van der Waals surface area contributed by atoms with E-state index in [0.29, 0.717) is 11.4 Å². The molecule has 32 heavy (non-hydrogen) atoms. The number of aromatic amines is 1. The molecule has 1 atom stereocenters. The molecule has 11 nitrogen and oxygen atoms in total. The van der Waals surface area contributed by atoms with Crippen LogP contribution in [-0.2, 0) is 12.4 Å². The zero-order valence-corrected chi connectivity index (χ0v) is 19.8. The summed E-state index contributed by atoms with van der Waals surface area (Å²) >= 11 is -4.76. The van der Waals surface area contributed by atoms with E-state index >= 15 is 0 Å². The Kier molecular flexibility index (Phi) is 10.2. The number of fused-ring (bicyclic) bond motifs is 1. The number of carbonyl (C=O) groups excluding carboxylic acids is 2. The van der Waals surface area contributed by atoms with Gasteiger partial charge in [0.15, 0.2) is 5.96 Å². The Hall–Kier alpha value is -3.08. The number of para-hydroxylation sites is 1. The summed E-state index contributed by atoms with van der Waals surface area (Å²) in [6, 6.07) is 14.9. The van der Waals surface area contributed by atoms with Crippen LogP contribution in [0.4, 0.5) is 5.69 Å². The second-order valence-electron chi connectivity index (χ2n) is 6.15. The Balaban J connectivity index is 0.000000311. The SMILES string of the molecule is CC(=O)Nc1ccc([As](=O)(O)OO)cc1.CNC(N)=NC(=O)c1cc2ccccc2[nH]1.Cl. The summed E-state index contributed by atoms with van der Waals surface area (Å²) in [5.74, 6) is -0.523. The first kappa shape index (κ1) is 27.0. The average Bonchev–Trinajstić information content (AvgIpc) is 3.18. The maximum absolute atomic E-state index is 11.6. The van der Waals surface area contributed by atoms with Crippen LogP contribution < -0.4 is 20.7 Å². The molecule has 0 spiro atoms. The number of nitrogens with two attached hydrogens (primary N) is 1. The first-order valence-corrected chi connectivity index (χ1v) is 12.2. The third-order valence-corrected chi connectivity index (χ3v) is 6.32. The molecule has 0 saturated carbocycles. The Morgan fingerprint density at radius 2 is 1.78 bits per heavy atom. The molecule has 1 aromatic heterocycles. The molecular formula is C19H23AsClN5O6. The van der Waals surface area contributed by atoms with Gasteiger partial charge < -0.3 is 16.0 Å². The van der Waals surface area contributed by atoms with Crippen molar-refractivity contribution in [1.82, 2.24) is 10.3 Å². The molecular weight excluding hydrogens is 505 g/mol. The van der Waals surface area contributed by atoms with Gasteiger partial charge in [-0.25, -0.2) is 0 Å². The summed E-state index contributed by atoms with van der Waals surface area (Å²) in [5, 5.41) is 14.3. The number of aliphatic imine (C=N–C) groups is 1. The topological polar surface area (TPSA) is 179 Å². The second-order valence-corrected chi connectivity index (χ2v) is 9.76. The van der Waals surface area contributed by atoms with Crippen molar-refractivity contribution in [3.63, 3.8) is 0 Å². The first-order chi connectivity index (χ1) is 14.7. The second kappa shape index (κ2) is 12.1. The molecule has 7 N–H and O–H groups in total. The van der Waals surface area contributed by atoms with Crippen molar-refractivity contribution in [2.45, 2.75) is 6.92 Å². The van der Waals surface area contributed by atoms with Gasteiger partial charge in [-0.1, -0.05) is 18.2 Å². The molecule has 0 aliphatic carbocycles. The van der Waals surface area contributed by atoms with Crippen molar-refractivity contribution in [2.24, 2.45) is 10.7 Å². The van der Waals surface area contributed by atoms with E-state index in [0.717, 1.165) is 10.9 Å². The van der Waals surface area contributed by atoms with Gasteiger partial charge in [-0.3, -0.25) is 4.79 Å². The van der Waals surface area contributed by atoms with E-state index < -0.39 is 14.2 Å². The van der Waals surface area contributed by atoms with Crippen LogP contribution in [0.2, 0.25) is 0 Å². The minimum Gasteiger partial charge on any atom is -0.370 e. The van der Waals surface area contributed by atoms with Gasteiger partial charge in [0.2, 0.25) is 0 Å². The summed E-state index contributed by atoms with van der Waals surface area (Å²) in [7, 11) is 1.61. The van der Waals surface area contributed by atoms with Crippen LogP contribution in [0, 0.1) is 0 Å². The van der Waals surface area contributed by atoms with Crippen molar-refractivity contribution >= 4 is 65.3 Å². The third kappa shape index (κ3) is 7.56. The zero-order valence-electron chi connectivity index (χ0n) is 17.1. The molecule has 0 radical (unpaired) electrons. The molecule has 0 fully saturated rings. The van der Waals surface area contributed by atoms with E-state index in [-0.39, 0.29) is 34.5 Å². The number of H-pyrrole nitrogens is 1. The van der Waals surface area contributed by atoms with Crippen molar-refractivity contribution in [2.75, 3.05) is 12.4 Å². The summed E-state index contributed by atoms with van der Waals surface area (Å²) < 4.78 is 23.8. The number of carbonyl (C=O) groups is 2. The fraction of sp³-hybridized carbons (Fsp3) is 0.105. The van der Waals surface area contributed by atoms with Gasteiger partial charge in [-0.15, -0.1) is 12.4 Å². The maximum Gasteiger partial charge on any atom is 0.296 e. The number of anilines is 1. The number of rotatable bonds is 4. The molecule has 3 rings (SSSR count). The molecule has 1 heterocycles. The van der Waals surface area contributed by atoms with Crippen LogP contribution in [0.3, 0.4) is 0 Å². The van der Waals surface area contributed by atoms with Crippen LogP contribution >= 0.6 is 12.4 Å². The third-order valence-electron chi connectivity index (χ3n) is 3.86. The fourth-order valence-electron chi connectivity index (χ4n) is 2.40. The van der Waals surface area contributed by atoms with E-state index in [1.165, 1.54) is 31.2 Å². The van der Waals surface area contributed by atoms with Crippen LogP contribution in [0.25, 0.3) is 10.9 Å². The van der Waals surface area contributed by atoms with Crippen LogP contribution in [0.15, 0.2) is 59.6 Å². The summed E-state index contributed by atoms with van der Waals surface area (Å²) in [4.78, 5) is 29.0. The minimum absolute atomic E-state index is 0. The van der Waals surface area contributed by atoms with Crippen LogP contribution in [0.1, 0.15) is 17.4 Å². The van der Waals surface area contributed by atoms with E-state index in [1.807, 2.05) is 24.3 Å². The van der Waals surface area contributed by atoms with Gasteiger partial charge in [0.25, 0.3) is 5.91 Å². The molecule has 1 unspecified atom stereocenters. The van der Waals surface area contributed by atoms with Gasteiger partial charge in [0.05, 0.1) is 0 Å². The average molecular weight is 528 g/mol. The van der Waals surface area contributed by atoms with E-state index in [1.54, 1.807) is 13.1 Å². The molecule has 0 aliphatic rings. The monoisotopic (exact) mass is 527 g/mol. The summed E-state index contributed by atoms with van der Waals surface area (Å²) in [6.45, 7) is 1.35. The number of hydrogen-bond acceptors (Lipinski definition) is 5. The van der Waals surface area contributed by atoms with Crippen molar-refractivity contribution in [3.8, 4) is 0 Å². The Morgan fingerprint density at radius 1 is 1.16 bits per heavy atom. The van der Waals surface area contributed by atoms with Gasteiger partial charge in [0, 0.05) is 18.0 Å². The number of benzene rings is 2. The summed E-state index contributed by atoms with van der Waals surface area (Å²) in [5.41, 5.74) is 7.25. The van der Waals surface area contributed by atoms with E-state index in [4.69, 9.17) is 15.1 Å². The van der Waals surface area contributed by atoms with E-state index in [2.05, 4.69) is 24.5 Å². The Bertz CT molecular complexity index is 1120. The molecule has 13 heteroatoms. The van der Waals surface area contributed by atoms with Crippen molar-refractivity contribution in [1.29, 1.82) is 0 Å². The molecule has 0 aliphatic heterocycles. The standard InChI is InChI=1S/C11H12N4O.C8H10AsNO5.ClH/c1-13-11(12)15-10(16)9-6-7-4-2-3-5-8(7)14-9;1-6(11)10-8-4-2-7(3-5-8)9(12,13)15-14;/h2-6,14H,1H3,(H3,12,13,15,16);2-5,14H,1H3,(H,10,11)(H,12,13);1H. The number of nitrogens with one attached hydrogen (secondary N) is 3. The number of aromatic nitrogens is 1. The molecule has 0 saturated heterocycles. The molecule has 2 amide bonds. The van der Waals surface area contributed by atoms with Gasteiger partial charge in [0.1, 0.15) is 5.69 Å². The summed E-state index contributed by atoms with van der Waals surface area (Å²) in [6.07, 6.45) is 0. The fourth-order valence-corrected chi connectivity index (χ4v) is 3.70. The Labute approximate surface area is 192 Å². The van der Waals surface area contributed by atoms with Gasteiger partial charge >= 0.3 is 88.4 Å². The quantitative estimate of drug-likeness (QED) is 0.0954. The normalized spacial score (nSPS) is 12.6. The number of nitrogens with zero attached hydrogens (tertiary/aromatic N) is 1. The van der Waals surface area contributed by atoms with Crippen molar-refractivity contribution < 1.29 is 26.6 Å². The number of amides is 2. The molecule has 0 bridgehead atoms. The first-order valence-electron chi connectivity index (χ1n) is 8.84.